The Bertz CT molecular complexity index is 396. The van der Waals surface area contributed by atoms with Gasteiger partial charge in [-0.15, -0.1) is 12.4 Å². The third-order valence-corrected chi connectivity index (χ3v) is 2.73. The molecule has 0 radical (unpaired) electrons. The standard InChI is InChI=1S/C11H15N3O2.ClH/c12-8(7-3-4-7)6-14-11(16)10-9(15)2-1-5-13-10;/h1-2,5,7-8,15H,3-4,6,12H2,(H,14,16);1H. The van der Waals surface area contributed by atoms with Crippen molar-refractivity contribution in [1.29, 1.82) is 0 Å². The number of aromatic nitrogens is 1. The minimum atomic E-state index is -0.380. The Morgan fingerprint density at radius 2 is 2.35 bits per heavy atom. The van der Waals surface area contributed by atoms with E-state index >= 15 is 0 Å². The number of aromatic hydroxyl groups is 1. The van der Waals surface area contributed by atoms with Crippen LogP contribution in [0.3, 0.4) is 0 Å². The van der Waals surface area contributed by atoms with E-state index in [1.54, 1.807) is 6.07 Å². The second-order valence-corrected chi connectivity index (χ2v) is 4.08. The summed E-state index contributed by atoms with van der Waals surface area (Å²) in [5.74, 6) is 0.0480. The minimum Gasteiger partial charge on any atom is -0.505 e. The van der Waals surface area contributed by atoms with Crippen molar-refractivity contribution in [2.75, 3.05) is 6.54 Å². The van der Waals surface area contributed by atoms with Gasteiger partial charge in [0, 0.05) is 18.8 Å². The molecular weight excluding hydrogens is 242 g/mol. The molecule has 0 saturated heterocycles. The van der Waals surface area contributed by atoms with Gasteiger partial charge in [-0.3, -0.25) is 4.79 Å². The molecule has 4 N–H and O–H groups in total. The Morgan fingerprint density at radius 3 is 2.94 bits per heavy atom. The van der Waals surface area contributed by atoms with Crippen molar-refractivity contribution in [2.45, 2.75) is 18.9 Å². The molecule has 1 aromatic rings. The lowest BCUT2D eigenvalue weighted by Crippen LogP contribution is -2.38. The van der Waals surface area contributed by atoms with Gasteiger partial charge in [-0.2, -0.15) is 0 Å². The highest BCUT2D eigenvalue weighted by atomic mass is 35.5. The van der Waals surface area contributed by atoms with Crippen molar-refractivity contribution in [3.8, 4) is 5.75 Å². The SMILES string of the molecule is Cl.NC(CNC(=O)c1ncccc1O)C1CC1. The zero-order valence-electron chi connectivity index (χ0n) is 9.30. The molecule has 1 saturated carbocycles. The average molecular weight is 258 g/mol. The van der Waals surface area contributed by atoms with Gasteiger partial charge < -0.3 is 16.2 Å². The van der Waals surface area contributed by atoms with Crippen LogP contribution < -0.4 is 11.1 Å². The highest BCUT2D eigenvalue weighted by Crippen LogP contribution is 2.31. The van der Waals surface area contributed by atoms with Gasteiger partial charge in [-0.25, -0.2) is 4.98 Å². The molecule has 1 unspecified atom stereocenters. The summed E-state index contributed by atoms with van der Waals surface area (Å²) >= 11 is 0. The second kappa shape index (κ2) is 5.84. The number of nitrogens with zero attached hydrogens (tertiary/aromatic N) is 1. The summed E-state index contributed by atoms with van der Waals surface area (Å²) in [7, 11) is 0. The van der Waals surface area contributed by atoms with E-state index in [1.807, 2.05) is 0 Å². The molecule has 1 aliphatic carbocycles. The van der Waals surface area contributed by atoms with E-state index in [1.165, 1.54) is 12.3 Å². The summed E-state index contributed by atoms with van der Waals surface area (Å²) in [6.45, 7) is 0.430. The third-order valence-electron chi connectivity index (χ3n) is 2.73. The average Bonchev–Trinajstić information content (AvgIpc) is 3.10. The largest absolute Gasteiger partial charge is 0.505 e. The van der Waals surface area contributed by atoms with Gasteiger partial charge in [0.25, 0.3) is 5.91 Å². The summed E-state index contributed by atoms with van der Waals surface area (Å²) in [6.07, 6.45) is 3.76. The predicted molar refractivity (Wildman–Crippen MR) is 66.2 cm³/mol. The van der Waals surface area contributed by atoms with Crippen molar-refractivity contribution in [2.24, 2.45) is 11.7 Å². The Balaban J connectivity index is 0.00000144. The fourth-order valence-electron chi connectivity index (χ4n) is 1.56. The number of pyridine rings is 1. The number of carbonyl (C=O) groups excluding carboxylic acids is 1. The number of hydrogen-bond acceptors (Lipinski definition) is 4. The molecule has 0 spiro atoms. The van der Waals surface area contributed by atoms with Gasteiger partial charge in [0.2, 0.25) is 0 Å². The topological polar surface area (TPSA) is 88.2 Å². The smallest absolute Gasteiger partial charge is 0.273 e. The molecule has 94 valence electrons. The van der Waals surface area contributed by atoms with Gasteiger partial charge in [0.05, 0.1) is 0 Å². The van der Waals surface area contributed by atoms with Crippen LogP contribution in [0.25, 0.3) is 0 Å². The lowest BCUT2D eigenvalue weighted by atomic mass is 10.2. The lowest BCUT2D eigenvalue weighted by Gasteiger charge is -2.11. The second-order valence-electron chi connectivity index (χ2n) is 4.08. The number of rotatable bonds is 4. The maximum absolute atomic E-state index is 11.6. The first-order chi connectivity index (χ1) is 7.68. The molecule has 0 bridgehead atoms. The van der Waals surface area contributed by atoms with E-state index in [2.05, 4.69) is 10.3 Å². The first-order valence-electron chi connectivity index (χ1n) is 5.36. The molecule has 6 heteroatoms. The summed E-state index contributed by atoms with van der Waals surface area (Å²) in [4.78, 5) is 15.4. The highest BCUT2D eigenvalue weighted by Gasteiger charge is 2.28. The van der Waals surface area contributed by atoms with Gasteiger partial charge in [0.1, 0.15) is 5.75 Å². The van der Waals surface area contributed by atoms with Crippen LogP contribution in [0.1, 0.15) is 23.3 Å². The monoisotopic (exact) mass is 257 g/mol. The molecule has 1 atom stereocenters. The van der Waals surface area contributed by atoms with E-state index in [-0.39, 0.29) is 35.8 Å². The lowest BCUT2D eigenvalue weighted by molar-refractivity contribution is 0.0942. The molecule has 0 aromatic carbocycles. The first kappa shape index (κ1) is 13.7. The van der Waals surface area contributed by atoms with Crippen molar-refractivity contribution in [1.82, 2.24) is 10.3 Å². The summed E-state index contributed by atoms with van der Waals surface area (Å²) in [5.41, 5.74) is 5.89. The highest BCUT2D eigenvalue weighted by molar-refractivity contribution is 5.94. The van der Waals surface area contributed by atoms with E-state index < -0.39 is 0 Å². The van der Waals surface area contributed by atoms with Gasteiger partial charge in [0.15, 0.2) is 5.69 Å². The number of hydrogen-bond donors (Lipinski definition) is 3. The van der Waals surface area contributed by atoms with E-state index in [0.717, 1.165) is 12.8 Å². The van der Waals surface area contributed by atoms with E-state index in [9.17, 15) is 9.90 Å². The predicted octanol–water partition coefficient (Wildman–Crippen LogP) is 0.676. The zero-order chi connectivity index (χ0) is 11.5. The number of amides is 1. The molecular formula is C11H16ClN3O2. The first-order valence-corrected chi connectivity index (χ1v) is 5.36. The third kappa shape index (κ3) is 3.57. The van der Waals surface area contributed by atoms with E-state index in [0.29, 0.717) is 12.5 Å². The number of carbonyl (C=O) groups is 1. The number of halogens is 1. The van der Waals surface area contributed by atoms with Gasteiger partial charge >= 0.3 is 0 Å². The van der Waals surface area contributed by atoms with Crippen molar-refractivity contribution in [3.05, 3.63) is 24.0 Å². The Morgan fingerprint density at radius 1 is 1.65 bits per heavy atom. The number of nitrogens with one attached hydrogen (secondary N) is 1. The van der Waals surface area contributed by atoms with E-state index in [4.69, 9.17) is 5.73 Å². The number of nitrogens with two attached hydrogens (primary N) is 1. The summed E-state index contributed by atoms with van der Waals surface area (Å²) in [5, 5.41) is 12.1. The van der Waals surface area contributed by atoms with Crippen LogP contribution in [-0.2, 0) is 0 Å². The fraction of sp³-hybridized carbons (Fsp3) is 0.455. The van der Waals surface area contributed by atoms with Crippen LogP contribution in [0.5, 0.6) is 5.75 Å². The van der Waals surface area contributed by atoms with Crippen LogP contribution in [0.15, 0.2) is 18.3 Å². The molecule has 1 aromatic heterocycles. The molecule has 5 nitrogen and oxygen atoms in total. The summed E-state index contributed by atoms with van der Waals surface area (Å²) < 4.78 is 0. The molecule has 2 rings (SSSR count). The van der Waals surface area contributed by atoms with Crippen LogP contribution in [0, 0.1) is 5.92 Å². The van der Waals surface area contributed by atoms with Gasteiger partial charge in [-0.05, 0) is 30.9 Å². The maximum atomic E-state index is 11.6. The summed E-state index contributed by atoms with van der Waals surface area (Å²) in [6, 6.07) is 3.01. The quantitative estimate of drug-likeness (QED) is 0.740. The van der Waals surface area contributed by atoms with Crippen LogP contribution in [0.2, 0.25) is 0 Å². The Labute approximate surface area is 106 Å². The molecule has 0 aliphatic heterocycles. The molecule has 17 heavy (non-hydrogen) atoms. The van der Waals surface area contributed by atoms with Crippen LogP contribution in [0.4, 0.5) is 0 Å². The van der Waals surface area contributed by atoms with Crippen molar-refractivity contribution in [3.63, 3.8) is 0 Å². The molecule has 1 heterocycles. The molecule has 1 fully saturated rings. The Hall–Kier alpha value is -1.33. The molecule has 1 amide bonds. The van der Waals surface area contributed by atoms with Gasteiger partial charge in [-0.1, -0.05) is 0 Å². The van der Waals surface area contributed by atoms with Crippen LogP contribution in [-0.4, -0.2) is 28.6 Å². The minimum absolute atomic E-state index is 0. The zero-order valence-corrected chi connectivity index (χ0v) is 10.1. The normalized spacial score (nSPS) is 15.8. The van der Waals surface area contributed by atoms with Crippen LogP contribution >= 0.6 is 12.4 Å². The van der Waals surface area contributed by atoms with Crippen molar-refractivity contribution >= 4 is 18.3 Å². The maximum Gasteiger partial charge on any atom is 0.273 e. The Kier molecular flexibility index (Phi) is 4.72. The van der Waals surface area contributed by atoms with Crippen molar-refractivity contribution < 1.29 is 9.90 Å². The molecule has 1 aliphatic rings. The fourth-order valence-corrected chi connectivity index (χ4v) is 1.56.